The molecular formula is C14H18ClNO3. The summed E-state index contributed by atoms with van der Waals surface area (Å²) in [6.07, 6.45) is 0.0678. The van der Waals surface area contributed by atoms with Crippen LogP contribution < -0.4 is 0 Å². The Morgan fingerprint density at radius 1 is 1.53 bits per heavy atom. The number of morpholine rings is 1. The van der Waals surface area contributed by atoms with Gasteiger partial charge in [0.1, 0.15) is 0 Å². The summed E-state index contributed by atoms with van der Waals surface area (Å²) in [5.41, 5.74) is 0.969. The fourth-order valence-corrected chi connectivity index (χ4v) is 2.54. The topological polar surface area (TPSA) is 49.8 Å². The Hall–Kier alpha value is -1.10. The van der Waals surface area contributed by atoms with Crippen molar-refractivity contribution in [2.45, 2.75) is 25.5 Å². The number of rotatable bonds is 4. The van der Waals surface area contributed by atoms with Crippen LogP contribution in [0.5, 0.6) is 0 Å². The van der Waals surface area contributed by atoms with Gasteiger partial charge >= 0.3 is 5.97 Å². The number of carboxylic acid groups (broad SMARTS) is 1. The summed E-state index contributed by atoms with van der Waals surface area (Å²) in [5.74, 6) is -0.770. The quantitative estimate of drug-likeness (QED) is 0.923. The van der Waals surface area contributed by atoms with Crippen molar-refractivity contribution < 1.29 is 14.6 Å². The van der Waals surface area contributed by atoms with Crippen molar-refractivity contribution in [1.82, 2.24) is 4.90 Å². The molecule has 0 unspecified atom stereocenters. The lowest BCUT2D eigenvalue weighted by Gasteiger charge is -2.38. The van der Waals surface area contributed by atoms with E-state index in [1.165, 1.54) is 0 Å². The van der Waals surface area contributed by atoms with Crippen LogP contribution in [0.1, 0.15) is 25.0 Å². The van der Waals surface area contributed by atoms with Crippen molar-refractivity contribution in [3.8, 4) is 0 Å². The summed E-state index contributed by atoms with van der Waals surface area (Å²) in [6, 6.07) is 7.86. The lowest BCUT2D eigenvalue weighted by molar-refractivity contribution is -0.138. The van der Waals surface area contributed by atoms with Crippen LogP contribution in [0.15, 0.2) is 24.3 Å². The summed E-state index contributed by atoms with van der Waals surface area (Å²) >= 11 is 6.18. The van der Waals surface area contributed by atoms with E-state index in [-0.39, 0.29) is 18.6 Å². The molecule has 0 aliphatic carbocycles. The molecule has 2 atom stereocenters. The Bertz CT molecular complexity index is 452. The third kappa shape index (κ3) is 3.69. The third-order valence-electron chi connectivity index (χ3n) is 3.43. The van der Waals surface area contributed by atoms with Gasteiger partial charge in [0, 0.05) is 29.7 Å². The van der Waals surface area contributed by atoms with Gasteiger partial charge < -0.3 is 9.84 Å². The van der Waals surface area contributed by atoms with Crippen molar-refractivity contribution in [3.05, 3.63) is 34.9 Å². The van der Waals surface area contributed by atoms with Crippen LogP contribution in [0.25, 0.3) is 0 Å². The summed E-state index contributed by atoms with van der Waals surface area (Å²) in [7, 11) is 0. The van der Waals surface area contributed by atoms with Gasteiger partial charge in [0.05, 0.1) is 19.1 Å². The van der Waals surface area contributed by atoms with E-state index in [1.807, 2.05) is 31.2 Å². The van der Waals surface area contributed by atoms with Crippen LogP contribution in [0.3, 0.4) is 0 Å². The highest BCUT2D eigenvalue weighted by Crippen LogP contribution is 2.29. The fraction of sp³-hybridized carbons (Fsp3) is 0.500. The highest BCUT2D eigenvalue weighted by molar-refractivity contribution is 6.31. The second-order valence-corrected chi connectivity index (χ2v) is 5.24. The number of halogens is 1. The normalized spacial score (nSPS) is 24.3. The van der Waals surface area contributed by atoms with Gasteiger partial charge in [-0.15, -0.1) is 0 Å². The molecular weight excluding hydrogens is 266 g/mol. The number of benzene rings is 1. The van der Waals surface area contributed by atoms with Crippen molar-refractivity contribution in [2.24, 2.45) is 0 Å². The monoisotopic (exact) mass is 283 g/mol. The molecule has 1 fully saturated rings. The van der Waals surface area contributed by atoms with E-state index in [0.29, 0.717) is 24.7 Å². The second-order valence-electron chi connectivity index (χ2n) is 4.83. The second kappa shape index (κ2) is 6.37. The van der Waals surface area contributed by atoms with E-state index in [1.54, 1.807) is 0 Å². The average molecular weight is 284 g/mol. The summed E-state index contributed by atoms with van der Waals surface area (Å²) < 4.78 is 5.82. The molecule has 19 heavy (non-hydrogen) atoms. The van der Waals surface area contributed by atoms with E-state index in [2.05, 4.69) is 4.90 Å². The molecule has 1 aliphatic rings. The average Bonchev–Trinajstić information content (AvgIpc) is 2.38. The molecule has 0 saturated carbocycles. The largest absolute Gasteiger partial charge is 0.481 e. The first-order valence-electron chi connectivity index (χ1n) is 6.40. The maximum atomic E-state index is 10.7. The predicted octanol–water partition coefficient (Wildman–Crippen LogP) is 2.58. The molecule has 1 aromatic rings. The van der Waals surface area contributed by atoms with Crippen LogP contribution >= 0.6 is 11.6 Å². The lowest BCUT2D eigenvalue weighted by atomic mass is 10.1. The van der Waals surface area contributed by atoms with Gasteiger partial charge in [-0.3, -0.25) is 9.69 Å². The first kappa shape index (κ1) is 14.3. The number of ether oxygens (including phenoxy) is 1. The van der Waals surface area contributed by atoms with Gasteiger partial charge in [-0.1, -0.05) is 29.8 Å². The van der Waals surface area contributed by atoms with Crippen molar-refractivity contribution in [3.63, 3.8) is 0 Å². The molecule has 1 saturated heterocycles. The van der Waals surface area contributed by atoms with Gasteiger partial charge in [-0.25, -0.2) is 0 Å². The van der Waals surface area contributed by atoms with E-state index in [4.69, 9.17) is 21.4 Å². The fourth-order valence-electron chi connectivity index (χ4n) is 2.28. The molecule has 104 valence electrons. The van der Waals surface area contributed by atoms with Gasteiger partial charge in [0.25, 0.3) is 0 Å². The van der Waals surface area contributed by atoms with Crippen molar-refractivity contribution in [1.29, 1.82) is 0 Å². The molecule has 0 spiro atoms. The van der Waals surface area contributed by atoms with Crippen LogP contribution in [-0.2, 0) is 9.53 Å². The Balaban J connectivity index is 2.04. The van der Waals surface area contributed by atoms with E-state index >= 15 is 0 Å². The molecule has 1 heterocycles. The van der Waals surface area contributed by atoms with Gasteiger partial charge in [0.15, 0.2) is 0 Å². The minimum atomic E-state index is -0.770. The Morgan fingerprint density at radius 2 is 2.26 bits per heavy atom. The smallest absolute Gasteiger partial charge is 0.304 e. The summed E-state index contributed by atoms with van der Waals surface area (Å²) in [4.78, 5) is 12.8. The standard InChI is InChI=1S/C14H18ClNO3/c1-10-9-19-13(8-16(10)7-6-14(17)18)11-4-2-3-5-12(11)15/h2-5,10,13H,6-9H2,1H3,(H,17,18)/t10-,13-/m0/s1. The molecule has 0 aromatic heterocycles. The summed E-state index contributed by atoms with van der Waals surface area (Å²) in [6.45, 7) is 3.86. The number of hydrogen-bond donors (Lipinski definition) is 1. The molecule has 1 N–H and O–H groups in total. The Kier molecular flexibility index (Phi) is 4.80. The maximum absolute atomic E-state index is 10.7. The van der Waals surface area contributed by atoms with E-state index < -0.39 is 5.97 Å². The van der Waals surface area contributed by atoms with Crippen LogP contribution in [0, 0.1) is 0 Å². The number of aliphatic carboxylic acids is 1. The minimum absolute atomic E-state index is 0.0845. The van der Waals surface area contributed by atoms with Gasteiger partial charge in [-0.2, -0.15) is 0 Å². The number of hydrogen-bond acceptors (Lipinski definition) is 3. The predicted molar refractivity (Wildman–Crippen MR) is 73.4 cm³/mol. The highest BCUT2D eigenvalue weighted by Gasteiger charge is 2.28. The molecule has 4 nitrogen and oxygen atoms in total. The molecule has 2 rings (SSSR count). The number of nitrogens with zero attached hydrogens (tertiary/aromatic N) is 1. The first-order valence-corrected chi connectivity index (χ1v) is 6.77. The molecule has 0 amide bonds. The Labute approximate surface area is 117 Å². The molecule has 0 bridgehead atoms. The van der Waals surface area contributed by atoms with Crippen molar-refractivity contribution >= 4 is 17.6 Å². The highest BCUT2D eigenvalue weighted by atomic mass is 35.5. The zero-order valence-electron chi connectivity index (χ0n) is 10.9. The van der Waals surface area contributed by atoms with Crippen molar-refractivity contribution in [2.75, 3.05) is 19.7 Å². The molecule has 1 aliphatic heterocycles. The Morgan fingerprint density at radius 3 is 2.95 bits per heavy atom. The lowest BCUT2D eigenvalue weighted by Crippen LogP contribution is -2.45. The SMILES string of the molecule is C[C@H]1CO[C@H](c2ccccc2Cl)CN1CCC(=O)O. The number of carbonyl (C=O) groups is 1. The molecule has 1 aromatic carbocycles. The van der Waals surface area contributed by atoms with Gasteiger partial charge in [-0.05, 0) is 13.0 Å². The minimum Gasteiger partial charge on any atom is -0.481 e. The molecule has 5 heteroatoms. The third-order valence-corrected chi connectivity index (χ3v) is 3.77. The first-order chi connectivity index (χ1) is 9.08. The zero-order valence-corrected chi connectivity index (χ0v) is 11.6. The number of carboxylic acids is 1. The zero-order chi connectivity index (χ0) is 13.8. The van der Waals surface area contributed by atoms with Crippen LogP contribution in [0.2, 0.25) is 5.02 Å². The molecule has 0 radical (unpaired) electrons. The summed E-state index contributed by atoms with van der Waals surface area (Å²) in [5, 5.41) is 9.47. The van der Waals surface area contributed by atoms with E-state index in [9.17, 15) is 4.79 Å². The van der Waals surface area contributed by atoms with E-state index in [0.717, 1.165) is 5.56 Å². The van der Waals surface area contributed by atoms with Gasteiger partial charge in [0.2, 0.25) is 0 Å². The maximum Gasteiger partial charge on any atom is 0.304 e. The van der Waals surface area contributed by atoms with Crippen LogP contribution in [0.4, 0.5) is 0 Å². The van der Waals surface area contributed by atoms with Crippen LogP contribution in [-0.4, -0.2) is 41.7 Å².